The van der Waals surface area contributed by atoms with Crippen LogP contribution in [0.4, 0.5) is 5.69 Å². The fraction of sp³-hybridized carbons (Fsp3) is 0.467. The zero-order chi connectivity index (χ0) is 15.1. The monoisotopic (exact) mass is 293 g/mol. The maximum absolute atomic E-state index is 11.7. The summed E-state index contributed by atoms with van der Waals surface area (Å²) in [6.45, 7) is 1.63. The molecule has 0 spiro atoms. The highest BCUT2D eigenvalue weighted by atomic mass is 16.5. The highest BCUT2D eigenvalue weighted by Crippen LogP contribution is 2.13. The molecule has 21 heavy (non-hydrogen) atoms. The van der Waals surface area contributed by atoms with E-state index in [0.717, 1.165) is 19.4 Å². The van der Waals surface area contributed by atoms with Crippen LogP contribution in [0.25, 0.3) is 0 Å². The van der Waals surface area contributed by atoms with Crippen molar-refractivity contribution >= 4 is 17.6 Å². The first-order valence-corrected chi connectivity index (χ1v) is 6.97. The van der Waals surface area contributed by atoms with Gasteiger partial charge < -0.3 is 19.9 Å². The summed E-state index contributed by atoms with van der Waals surface area (Å²) in [6.07, 6.45) is 2.45. The quantitative estimate of drug-likeness (QED) is 0.750. The van der Waals surface area contributed by atoms with E-state index in [2.05, 4.69) is 5.32 Å². The van der Waals surface area contributed by atoms with Gasteiger partial charge >= 0.3 is 5.97 Å². The van der Waals surface area contributed by atoms with Crippen molar-refractivity contribution in [2.45, 2.75) is 25.4 Å². The van der Waals surface area contributed by atoms with Crippen LogP contribution in [0.5, 0.6) is 0 Å². The predicted octanol–water partition coefficient (Wildman–Crippen LogP) is 1.91. The zero-order valence-corrected chi connectivity index (χ0v) is 11.7. The van der Waals surface area contributed by atoms with Crippen LogP contribution in [-0.2, 0) is 14.3 Å². The molecule has 1 heterocycles. The number of carbonyl (C=O) groups is 2. The number of carbonyl (C=O) groups excluding carboxylic acids is 1. The second-order valence-corrected chi connectivity index (χ2v) is 4.89. The van der Waals surface area contributed by atoms with Crippen LogP contribution in [0.1, 0.15) is 29.6 Å². The van der Waals surface area contributed by atoms with E-state index in [1.54, 1.807) is 12.1 Å². The lowest BCUT2D eigenvalue weighted by molar-refractivity contribution is -0.117. The third kappa shape index (κ3) is 5.17. The minimum absolute atomic E-state index is 0.141. The Morgan fingerprint density at radius 2 is 2.29 bits per heavy atom. The lowest BCUT2D eigenvalue weighted by Crippen LogP contribution is -2.18. The number of hydrogen-bond donors (Lipinski definition) is 2. The lowest BCUT2D eigenvalue weighted by atomic mass is 10.2. The molecule has 1 fully saturated rings. The number of carboxylic acids is 1. The second kappa shape index (κ2) is 7.75. The number of hydrogen-bond acceptors (Lipinski definition) is 4. The molecule has 114 valence electrons. The number of anilines is 1. The van der Waals surface area contributed by atoms with E-state index in [4.69, 9.17) is 14.6 Å². The van der Waals surface area contributed by atoms with Gasteiger partial charge in [0.1, 0.15) is 0 Å². The average Bonchev–Trinajstić information content (AvgIpc) is 2.97. The van der Waals surface area contributed by atoms with Gasteiger partial charge in [0.05, 0.1) is 31.3 Å². The van der Waals surface area contributed by atoms with Crippen molar-refractivity contribution in [3.8, 4) is 0 Å². The van der Waals surface area contributed by atoms with Gasteiger partial charge in [0.2, 0.25) is 5.91 Å². The summed E-state index contributed by atoms with van der Waals surface area (Å²) < 4.78 is 10.8. The summed E-state index contributed by atoms with van der Waals surface area (Å²) in [7, 11) is 0. The zero-order valence-electron chi connectivity index (χ0n) is 11.7. The number of aromatic carboxylic acids is 1. The summed E-state index contributed by atoms with van der Waals surface area (Å²) in [5, 5.41) is 11.5. The van der Waals surface area contributed by atoms with Crippen LogP contribution >= 0.6 is 0 Å². The number of amides is 1. The largest absolute Gasteiger partial charge is 0.478 e. The maximum atomic E-state index is 11.7. The topological polar surface area (TPSA) is 84.9 Å². The van der Waals surface area contributed by atoms with Gasteiger partial charge in [-0.05, 0) is 31.0 Å². The molecular formula is C15H19NO5. The molecule has 2 N–H and O–H groups in total. The molecule has 0 aromatic heterocycles. The molecule has 0 aliphatic carbocycles. The third-order valence-electron chi connectivity index (χ3n) is 3.19. The Balaban J connectivity index is 1.69. The highest BCUT2D eigenvalue weighted by molar-refractivity contribution is 5.93. The molecular weight excluding hydrogens is 274 g/mol. The normalized spacial score (nSPS) is 17.6. The van der Waals surface area contributed by atoms with Crippen molar-refractivity contribution in [1.82, 2.24) is 0 Å². The predicted molar refractivity (Wildman–Crippen MR) is 76.4 cm³/mol. The molecule has 1 aromatic carbocycles. The molecule has 1 amide bonds. The summed E-state index contributed by atoms with van der Waals surface area (Å²) in [6, 6.07) is 6.14. The lowest BCUT2D eigenvalue weighted by Gasteiger charge is -2.10. The molecule has 0 radical (unpaired) electrons. The minimum atomic E-state index is -1.02. The number of nitrogens with one attached hydrogen (secondary N) is 1. The molecule has 0 bridgehead atoms. The molecule has 1 saturated heterocycles. The molecule has 1 aliphatic rings. The van der Waals surface area contributed by atoms with E-state index in [0.29, 0.717) is 18.9 Å². The van der Waals surface area contributed by atoms with Gasteiger partial charge in [-0.3, -0.25) is 4.79 Å². The number of rotatable bonds is 7. The van der Waals surface area contributed by atoms with Crippen molar-refractivity contribution in [3.63, 3.8) is 0 Å². The summed E-state index contributed by atoms with van der Waals surface area (Å²) in [5.41, 5.74) is 0.612. The first-order chi connectivity index (χ1) is 10.1. The molecule has 6 heteroatoms. The van der Waals surface area contributed by atoms with E-state index in [1.165, 1.54) is 12.1 Å². The van der Waals surface area contributed by atoms with Crippen LogP contribution in [0, 0.1) is 0 Å². The summed E-state index contributed by atoms with van der Waals surface area (Å²) in [5.74, 6) is -1.23. The van der Waals surface area contributed by atoms with E-state index in [1.807, 2.05) is 0 Å². The van der Waals surface area contributed by atoms with Gasteiger partial charge in [-0.25, -0.2) is 4.79 Å². The number of carboxylic acid groups (broad SMARTS) is 1. The Hall–Kier alpha value is -1.92. The molecule has 6 nitrogen and oxygen atoms in total. The van der Waals surface area contributed by atoms with Crippen LogP contribution in [0.15, 0.2) is 24.3 Å². The van der Waals surface area contributed by atoms with Gasteiger partial charge in [0.15, 0.2) is 0 Å². The summed E-state index contributed by atoms with van der Waals surface area (Å²) in [4.78, 5) is 22.6. The van der Waals surface area contributed by atoms with Gasteiger partial charge in [-0.1, -0.05) is 6.07 Å². The van der Waals surface area contributed by atoms with Crippen molar-refractivity contribution in [2.75, 3.05) is 25.1 Å². The van der Waals surface area contributed by atoms with E-state index < -0.39 is 5.97 Å². The van der Waals surface area contributed by atoms with Crippen molar-refractivity contribution < 1.29 is 24.2 Å². The molecule has 1 atom stereocenters. The van der Waals surface area contributed by atoms with Gasteiger partial charge in [-0.2, -0.15) is 0 Å². The van der Waals surface area contributed by atoms with Crippen molar-refractivity contribution in [3.05, 3.63) is 29.8 Å². The highest BCUT2D eigenvalue weighted by Gasteiger charge is 2.15. The first-order valence-electron chi connectivity index (χ1n) is 6.97. The fourth-order valence-electron chi connectivity index (χ4n) is 2.11. The minimum Gasteiger partial charge on any atom is -0.478 e. The smallest absolute Gasteiger partial charge is 0.335 e. The second-order valence-electron chi connectivity index (χ2n) is 4.89. The van der Waals surface area contributed by atoms with Gasteiger partial charge in [0, 0.05) is 12.3 Å². The Morgan fingerprint density at radius 1 is 1.43 bits per heavy atom. The Kier molecular flexibility index (Phi) is 5.71. The average molecular weight is 293 g/mol. The van der Waals surface area contributed by atoms with Crippen LogP contribution < -0.4 is 5.32 Å². The fourth-order valence-corrected chi connectivity index (χ4v) is 2.11. The van der Waals surface area contributed by atoms with Crippen LogP contribution in [0.2, 0.25) is 0 Å². The first kappa shape index (κ1) is 15.5. The maximum Gasteiger partial charge on any atom is 0.335 e. The third-order valence-corrected chi connectivity index (χ3v) is 3.19. The van der Waals surface area contributed by atoms with E-state index >= 15 is 0 Å². The summed E-state index contributed by atoms with van der Waals surface area (Å²) >= 11 is 0. The standard InChI is InChI=1S/C15H19NO5/c17-14(6-8-20-10-13-5-2-7-21-13)16-12-4-1-3-11(9-12)15(18)19/h1,3-4,9,13H,2,5-8,10H2,(H,16,17)(H,18,19). The Morgan fingerprint density at radius 3 is 3.00 bits per heavy atom. The number of benzene rings is 1. The molecule has 2 rings (SSSR count). The molecule has 1 unspecified atom stereocenters. The number of ether oxygens (including phenoxy) is 2. The Bertz CT molecular complexity index is 497. The molecule has 1 aliphatic heterocycles. The van der Waals surface area contributed by atoms with E-state index in [9.17, 15) is 9.59 Å². The van der Waals surface area contributed by atoms with Gasteiger partial charge in [0.25, 0.3) is 0 Å². The van der Waals surface area contributed by atoms with Crippen LogP contribution in [0.3, 0.4) is 0 Å². The van der Waals surface area contributed by atoms with Gasteiger partial charge in [-0.15, -0.1) is 0 Å². The molecule has 1 aromatic rings. The Labute approximate surface area is 123 Å². The van der Waals surface area contributed by atoms with Crippen molar-refractivity contribution in [1.29, 1.82) is 0 Å². The van der Waals surface area contributed by atoms with Crippen molar-refractivity contribution in [2.24, 2.45) is 0 Å². The van der Waals surface area contributed by atoms with Crippen LogP contribution in [-0.4, -0.2) is 42.9 Å². The SMILES string of the molecule is O=C(CCOCC1CCCO1)Nc1cccc(C(=O)O)c1. The van der Waals surface area contributed by atoms with E-state index in [-0.39, 0.29) is 24.0 Å². The molecule has 0 saturated carbocycles.